The van der Waals surface area contributed by atoms with Crippen LogP contribution in [0.25, 0.3) is 10.9 Å². The molecule has 1 aromatic carbocycles. The molecule has 0 amide bonds. The van der Waals surface area contributed by atoms with Gasteiger partial charge in [0.15, 0.2) is 0 Å². The topological polar surface area (TPSA) is 79.4 Å². The Labute approximate surface area is 121 Å². The fourth-order valence-electron chi connectivity index (χ4n) is 1.81. The Hall–Kier alpha value is -2.22. The third-order valence-corrected chi connectivity index (χ3v) is 2.71. The number of rotatable bonds is 2. The van der Waals surface area contributed by atoms with Crippen LogP contribution in [0.15, 0.2) is 23.0 Å². The first-order valence-electron chi connectivity index (χ1n) is 5.30. The molecule has 2 aromatic rings. The van der Waals surface area contributed by atoms with Crippen molar-refractivity contribution in [3.63, 3.8) is 0 Å². The van der Waals surface area contributed by atoms with Gasteiger partial charge < -0.3 is 27.2 Å². The summed E-state index contributed by atoms with van der Waals surface area (Å²) in [7, 11) is 1.32. The van der Waals surface area contributed by atoms with Gasteiger partial charge in [0.2, 0.25) is 5.43 Å². The van der Waals surface area contributed by atoms with Crippen LogP contribution in [0.3, 0.4) is 0 Å². The summed E-state index contributed by atoms with van der Waals surface area (Å²) in [5.74, 6) is -1.71. The number of aromatic carboxylic acids is 1. The summed E-state index contributed by atoms with van der Waals surface area (Å²) in [4.78, 5) is 24.8. The molecule has 21 heavy (non-hydrogen) atoms. The van der Waals surface area contributed by atoms with E-state index in [1.165, 1.54) is 25.3 Å². The van der Waals surface area contributed by atoms with Gasteiger partial charge >= 0.3 is 12.1 Å². The molecule has 0 aliphatic carbocycles. The van der Waals surface area contributed by atoms with Crippen molar-refractivity contribution in [2.24, 2.45) is 0 Å². The second-order valence-corrected chi connectivity index (χ2v) is 3.92. The lowest BCUT2D eigenvalue weighted by molar-refractivity contribution is -0.141. The predicted molar refractivity (Wildman–Crippen MR) is 63.1 cm³/mol. The van der Waals surface area contributed by atoms with E-state index in [-0.39, 0.29) is 29.1 Å². The lowest BCUT2D eigenvalue weighted by Gasteiger charge is -2.12. The monoisotopic (exact) mass is 322 g/mol. The van der Waals surface area contributed by atoms with Crippen LogP contribution in [0, 0.1) is 0 Å². The lowest BCUT2D eigenvalue weighted by atomic mass is 10.1. The van der Waals surface area contributed by atoms with Gasteiger partial charge in [0.25, 0.3) is 0 Å². The van der Waals surface area contributed by atoms with E-state index in [4.69, 9.17) is 9.84 Å². The highest BCUT2D eigenvalue weighted by molar-refractivity contribution is 5.94. The van der Waals surface area contributed by atoms with Crippen LogP contribution >= 0.6 is 0 Å². The van der Waals surface area contributed by atoms with E-state index < -0.39 is 28.8 Å². The minimum absolute atomic E-state index is 0. The molecule has 1 heterocycles. The number of nitrogens with one attached hydrogen (secondary N) is 1. The fraction of sp³-hybridized carbons (Fsp3) is 0.167. The molecule has 114 valence electrons. The van der Waals surface area contributed by atoms with Gasteiger partial charge in [0.05, 0.1) is 18.0 Å². The van der Waals surface area contributed by atoms with Gasteiger partial charge in [0.1, 0.15) is 17.0 Å². The first kappa shape index (κ1) is 16.8. The maximum atomic E-state index is 12.8. The van der Waals surface area contributed by atoms with Crippen molar-refractivity contribution in [2.75, 3.05) is 7.11 Å². The zero-order valence-corrected chi connectivity index (χ0v) is 11.2. The van der Waals surface area contributed by atoms with Gasteiger partial charge in [-0.05, 0) is 18.2 Å². The summed E-state index contributed by atoms with van der Waals surface area (Å²) in [6.07, 6.45) is -4.97. The van der Waals surface area contributed by atoms with E-state index in [2.05, 4.69) is 0 Å². The maximum absolute atomic E-state index is 12.8. The second kappa shape index (κ2) is 5.65. The summed E-state index contributed by atoms with van der Waals surface area (Å²) < 4.78 is 43.3. The normalized spacial score (nSPS) is 11.0. The van der Waals surface area contributed by atoms with Gasteiger partial charge in [-0.3, -0.25) is 4.79 Å². The number of H-pyrrole nitrogens is 1. The molecule has 0 radical (unpaired) electrons. The number of carboxylic acid groups (broad SMARTS) is 1. The number of carboxylic acids is 1. The molecule has 2 N–H and O–H groups in total. The smallest absolute Gasteiger partial charge is 0.432 e. The van der Waals surface area contributed by atoms with Gasteiger partial charge in [0, 0.05) is 0 Å². The third-order valence-electron chi connectivity index (χ3n) is 2.71. The van der Waals surface area contributed by atoms with Gasteiger partial charge in [-0.25, -0.2) is 4.79 Å². The summed E-state index contributed by atoms with van der Waals surface area (Å²) >= 11 is 0. The highest BCUT2D eigenvalue weighted by Gasteiger charge is 2.38. The molecule has 0 saturated heterocycles. The van der Waals surface area contributed by atoms with Crippen LogP contribution in [0.4, 0.5) is 13.2 Å². The number of hydrogen-bond donors (Lipinski definition) is 2. The number of methoxy groups -OCH3 is 1. The molecule has 0 aliphatic rings. The number of carbonyl (C=O) groups is 1. The molecule has 0 unspecified atom stereocenters. The number of ether oxygens (including phenoxy) is 1. The van der Waals surface area contributed by atoms with Crippen LogP contribution < -0.4 is 22.6 Å². The number of pyridine rings is 1. The largest absolute Gasteiger partial charge is 1.00 e. The van der Waals surface area contributed by atoms with Gasteiger partial charge in [-0.1, -0.05) is 0 Å². The van der Waals surface area contributed by atoms with Crippen molar-refractivity contribution in [3.8, 4) is 5.75 Å². The van der Waals surface area contributed by atoms with Crippen LogP contribution in [-0.4, -0.2) is 23.2 Å². The van der Waals surface area contributed by atoms with Crippen molar-refractivity contribution < 1.29 is 40.2 Å². The molecule has 1 aromatic heterocycles. The SMILES string of the molecule is COc1ccc2[nH]c(C(F)(F)F)c(C(=O)O)c(=O)c2c1.[Cl-]. The zero-order chi connectivity index (χ0) is 15.1. The van der Waals surface area contributed by atoms with Crippen LogP contribution in [0.5, 0.6) is 5.75 Å². The molecule has 0 spiro atoms. The highest BCUT2D eigenvalue weighted by atomic mass is 35.5. The maximum Gasteiger partial charge on any atom is 0.432 e. The van der Waals surface area contributed by atoms with Crippen molar-refractivity contribution in [2.45, 2.75) is 6.18 Å². The van der Waals surface area contributed by atoms with Crippen LogP contribution in [0.2, 0.25) is 0 Å². The first-order valence-corrected chi connectivity index (χ1v) is 5.30. The molecule has 0 fully saturated rings. The van der Waals surface area contributed by atoms with E-state index in [0.29, 0.717) is 0 Å². The van der Waals surface area contributed by atoms with Gasteiger partial charge in [-0.15, -0.1) is 0 Å². The Bertz CT molecular complexity index is 754. The molecular weight excluding hydrogens is 315 g/mol. The lowest BCUT2D eigenvalue weighted by Crippen LogP contribution is -3.00. The molecular formula is C12H8ClF3NO4-. The molecule has 0 bridgehead atoms. The summed E-state index contributed by atoms with van der Waals surface area (Å²) in [5, 5.41) is 8.66. The molecule has 9 heteroatoms. The third kappa shape index (κ3) is 2.94. The highest BCUT2D eigenvalue weighted by Crippen LogP contribution is 2.31. The number of aromatic amines is 1. The minimum atomic E-state index is -4.97. The molecule has 0 atom stereocenters. The Morgan fingerprint density at radius 2 is 1.95 bits per heavy atom. The van der Waals surface area contributed by atoms with Crippen molar-refractivity contribution >= 4 is 16.9 Å². The Morgan fingerprint density at radius 3 is 2.43 bits per heavy atom. The van der Waals surface area contributed by atoms with Crippen molar-refractivity contribution in [1.82, 2.24) is 4.98 Å². The average molecular weight is 323 g/mol. The average Bonchev–Trinajstić information content (AvgIpc) is 2.36. The van der Waals surface area contributed by atoms with Crippen LogP contribution in [0.1, 0.15) is 16.1 Å². The Morgan fingerprint density at radius 1 is 1.33 bits per heavy atom. The van der Waals surface area contributed by atoms with Crippen molar-refractivity contribution in [3.05, 3.63) is 39.7 Å². The summed E-state index contributed by atoms with van der Waals surface area (Å²) in [6.45, 7) is 0. The Balaban J connectivity index is 0.00000220. The molecule has 0 aliphatic heterocycles. The first-order chi connectivity index (χ1) is 9.25. The molecule has 2 rings (SSSR count). The van der Waals surface area contributed by atoms with Crippen molar-refractivity contribution in [1.29, 1.82) is 0 Å². The second-order valence-electron chi connectivity index (χ2n) is 3.92. The van der Waals surface area contributed by atoms with Crippen LogP contribution in [-0.2, 0) is 6.18 Å². The molecule has 0 saturated carbocycles. The number of alkyl halides is 3. The Kier molecular flexibility index (Phi) is 4.52. The van der Waals surface area contributed by atoms with E-state index in [0.717, 1.165) is 0 Å². The van der Waals surface area contributed by atoms with E-state index >= 15 is 0 Å². The number of fused-ring (bicyclic) bond motifs is 1. The number of hydrogen-bond acceptors (Lipinski definition) is 3. The zero-order valence-electron chi connectivity index (χ0n) is 10.4. The van der Waals surface area contributed by atoms with Gasteiger partial charge in [-0.2, -0.15) is 13.2 Å². The minimum Gasteiger partial charge on any atom is -1.00 e. The molecule has 5 nitrogen and oxygen atoms in total. The van der Waals surface area contributed by atoms with E-state index in [9.17, 15) is 22.8 Å². The number of halogens is 4. The summed E-state index contributed by atoms with van der Waals surface area (Å²) in [6, 6.07) is 3.76. The summed E-state index contributed by atoms with van der Waals surface area (Å²) in [5.41, 5.74) is -4.24. The fourth-order valence-corrected chi connectivity index (χ4v) is 1.81. The van der Waals surface area contributed by atoms with E-state index in [1.54, 1.807) is 0 Å². The standard InChI is InChI=1S/C12H8F3NO4.ClH/c1-20-5-2-3-7-6(4-5)9(17)8(11(18)19)10(16-7)12(13,14)15;/h2-4H,1H3,(H,16,17)(H,18,19);1H/p-1. The number of benzene rings is 1. The predicted octanol–water partition coefficient (Wildman–Crippen LogP) is -0.742. The van der Waals surface area contributed by atoms with E-state index in [1.807, 2.05) is 4.98 Å². The number of aromatic nitrogens is 1. The quantitative estimate of drug-likeness (QED) is 0.763.